The summed E-state index contributed by atoms with van der Waals surface area (Å²) in [6.45, 7) is 14.3. The SMILES string of the molecule is CC1(C)COC(c2cccc(-c3cc(-c4cccc(C5=NC(C)(C)CO5)c4)cc(-c4cccc(C5=NC(C)(C)CO5)c4)c3)c2)=N1. The summed E-state index contributed by atoms with van der Waals surface area (Å²) >= 11 is 0. The van der Waals surface area contributed by atoms with E-state index in [1.165, 1.54) is 0 Å². The zero-order chi connectivity index (χ0) is 31.4. The predicted molar refractivity (Wildman–Crippen MR) is 182 cm³/mol. The van der Waals surface area contributed by atoms with Gasteiger partial charge in [-0.15, -0.1) is 0 Å². The molecule has 0 unspecified atom stereocenters. The molecule has 0 atom stereocenters. The lowest BCUT2D eigenvalue weighted by Gasteiger charge is -2.14. The van der Waals surface area contributed by atoms with Crippen molar-refractivity contribution in [2.75, 3.05) is 19.8 Å². The third-order valence-corrected chi connectivity index (χ3v) is 8.16. The zero-order valence-electron chi connectivity index (χ0n) is 26.8. The van der Waals surface area contributed by atoms with Crippen LogP contribution in [0, 0.1) is 0 Å². The lowest BCUT2D eigenvalue weighted by molar-refractivity contribution is 0.279. The highest BCUT2D eigenvalue weighted by molar-refractivity contribution is 5.99. The van der Waals surface area contributed by atoms with E-state index in [2.05, 4.69) is 133 Å². The number of benzene rings is 4. The zero-order valence-corrected chi connectivity index (χ0v) is 26.8. The molecule has 0 amide bonds. The van der Waals surface area contributed by atoms with Crippen LogP contribution < -0.4 is 0 Å². The fourth-order valence-corrected chi connectivity index (χ4v) is 5.82. The van der Waals surface area contributed by atoms with Crippen LogP contribution in [-0.4, -0.2) is 54.1 Å². The minimum Gasteiger partial charge on any atom is -0.475 e. The highest BCUT2D eigenvalue weighted by Crippen LogP contribution is 2.35. The molecule has 0 aromatic heterocycles. The lowest BCUT2D eigenvalue weighted by atomic mass is 9.92. The second-order valence-corrected chi connectivity index (χ2v) is 14.1. The minimum absolute atomic E-state index is 0.223. The van der Waals surface area contributed by atoms with Gasteiger partial charge in [0.15, 0.2) is 0 Å². The van der Waals surface area contributed by atoms with Gasteiger partial charge in [-0.05, 0) is 130 Å². The third-order valence-electron chi connectivity index (χ3n) is 8.16. The molecule has 0 bridgehead atoms. The Kier molecular flexibility index (Phi) is 6.92. The topological polar surface area (TPSA) is 64.8 Å². The first-order valence-corrected chi connectivity index (χ1v) is 15.6. The molecule has 0 radical (unpaired) electrons. The van der Waals surface area contributed by atoms with E-state index < -0.39 is 0 Å². The van der Waals surface area contributed by atoms with E-state index in [1.807, 2.05) is 0 Å². The summed E-state index contributed by atoms with van der Waals surface area (Å²) in [7, 11) is 0. The molecule has 228 valence electrons. The van der Waals surface area contributed by atoms with E-state index in [0.29, 0.717) is 37.5 Å². The van der Waals surface area contributed by atoms with Crippen LogP contribution in [0.25, 0.3) is 33.4 Å². The van der Waals surface area contributed by atoms with Crippen LogP contribution in [-0.2, 0) is 14.2 Å². The maximum absolute atomic E-state index is 5.99. The van der Waals surface area contributed by atoms with Crippen molar-refractivity contribution < 1.29 is 14.2 Å². The van der Waals surface area contributed by atoms with Crippen molar-refractivity contribution in [3.63, 3.8) is 0 Å². The van der Waals surface area contributed by atoms with Crippen LogP contribution in [0.15, 0.2) is 106 Å². The number of ether oxygens (including phenoxy) is 3. The second kappa shape index (κ2) is 10.7. The molecule has 45 heavy (non-hydrogen) atoms. The molecule has 3 heterocycles. The van der Waals surface area contributed by atoms with Crippen molar-refractivity contribution >= 4 is 17.7 Å². The number of hydrogen-bond donors (Lipinski definition) is 0. The number of aliphatic imine (C=N–C) groups is 3. The number of nitrogens with zero attached hydrogens (tertiary/aromatic N) is 3. The molecule has 0 fully saturated rings. The van der Waals surface area contributed by atoms with Crippen LogP contribution in [0.2, 0.25) is 0 Å². The van der Waals surface area contributed by atoms with E-state index in [9.17, 15) is 0 Å². The Hall–Kier alpha value is -4.71. The maximum atomic E-state index is 5.99. The van der Waals surface area contributed by atoms with Crippen LogP contribution in [0.4, 0.5) is 0 Å². The van der Waals surface area contributed by atoms with Crippen molar-refractivity contribution in [2.45, 2.75) is 58.2 Å². The van der Waals surface area contributed by atoms with Crippen molar-refractivity contribution in [1.82, 2.24) is 0 Å². The van der Waals surface area contributed by atoms with Gasteiger partial charge in [-0.2, -0.15) is 0 Å². The van der Waals surface area contributed by atoms with Crippen molar-refractivity contribution in [1.29, 1.82) is 0 Å². The molecule has 6 heteroatoms. The summed E-state index contributed by atoms with van der Waals surface area (Å²) in [5.41, 5.74) is 8.85. The van der Waals surface area contributed by atoms with E-state index in [0.717, 1.165) is 50.1 Å². The first kappa shape index (κ1) is 29.0. The molecule has 0 spiro atoms. The Labute approximate surface area is 265 Å². The van der Waals surface area contributed by atoms with E-state index in [4.69, 9.17) is 29.2 Å². The summed E-state index contributed by atoms with van der Waals surface area (Å²) < 4.78 is 18.0. The van der Waals surface area contributed by atoms with Gasteiger partial charge in [0, 0.05) is 16.7 Å². The minimum atomic E-state index is -0.223. The van der Waals surface area contributed by atoms with Gasteiger partial charge in [-0.3, -0.25) is 0 Å². The standard InChI is InChI=1S/C39H39N3O3/c1-37(2)22-43-34(40-37)28-13-7-10-25(16-28)31-19-32(26-11-8-14-29(17-26)35-41-38(3,4)23-44-35)21-33(20-31)27-12-9-15-30(18-27)36-42-39(5,6)24-45-36/h7-21H,22-24H2,1-6H3. The molecular formula is C39H39N3O3. The van der Waals surface area contributed by atoms with Gasteiger partial charge in [0.2, 0.25) is 17.7 Å². The van der Waals surface area contributed by atoms with Gasteiger partial charge < -0.3 is 14.2 Å². The molecule has 4 aromatic rings. The Morgan fingerprint density at radius 3 is 0.867 bits per heavy atom. The van der Waals surface area contributed by atoms with Crippen LogP contribution in [0.3, 0.4) is 0 Å². The molecule has 4 aromatic carbocycles. The van der Waals surface area contributed by atoms with Gasteiger partial charge in [-0.25, -0.2) is 15.0 Å². The molecule has 0 saturated carbocycles. The van der Waals surface area contributed by atoms with E-state index in [-0.39, 0.29) is 16.6 Å². The van der Waals surface area contributed by atoms with Crippen molar-refractivity contribution in [3.05, 3.63) is 108 Å². The first-order valence-electron chi connectivity index (χ1n) is 15.6. The molecule has 7 rings (SSSR count). The Morgan fingerprint density at radius 2 is 0.622 bits per heavy atom. The molecule has 3 aliphatic rings. The highest BCUT2D eigenvalue weighted by atomic mass is 16.5. The summed E-state index contributed by atoms with van der Waals surface area (Å²) in [5.74, 6) is 2.08. The Bertz CT molecular complexity index is 1670. The van der Waals surface area contributed by atoms with Gasteiger partial charge in [0.25, 0.3) is 0 Å². The average molecular weight is 598 g/mol. The fourth-order valence-electron chi connectivity index (χ4n) is 5.82. The van der Waals surface area contributed by atoms with Gasteiger partial charge in [0.05, 0.1) is 16.6 Å². The lowest BCUT2D eigenvalue weighted by Crippen LogP contribution is -2.17. The van der Waals surface area contributed by atoms with Gasteiger partial charge >= 0.3 is 0 Å². The largest absolute Gasteiger partial charge is 0.475 e. The molecule has 0 saturated heterocycles. The first-order chi connectivity index (χ1) is 21.4. The average Bonchev–Trinajstić information content (AvgIpc) is 3.71. The third kappa shape index (κ3) is 6.15. The van der Waals surface area contributed by atoms with Crippen LogP contribution in [0.5, 0.6) is 0 Å². The summed E-state index contributed by atoms with van der Waals surface area (Å²) in [5, 5.41) is 0. The van der Waals surface area contributed by atoms with Crippen molar-refractivity contribution in [3.8, 4) is 33.4 Å². The van der Waals surface area contributed by atoms with Crippen molar-refractivity contribution in [2.24, 2.45) is 15.0 Å². The van der Waals surface area contributed by atoms with E-state index in [1.54, 1.807) is 0 Å². The second-order valence-electron chi connectivity index (χ2n) is 14.1. The number of hydrogen-bond acceptors (Lipinski definition) is 6. The smallest absolute Gasteiger partial charge is 0.216 e. The van der Waals surface area contributed by atoms with Crippen LogP contribution >= 0.6 is 0 Å². The molecule has 6 nitrogen and oxygen atoms in total. The summed E-state index contributed by atoms with van der Waals surface area (Å²) in [6, 6.07) is 32.1. The highest BCUT2D eigenvalue weighted by Gasteiger charge is 2.29. The molecule has 0 N–H and O–H groups in total. The monoisotopic (exact) mass is 597 g/mol. The fraction of sp³-hybridized carbons (Fsp3) is 0.308. The Morgan fingerprint density at radius 1 is 0.378 bits per heavy atom. The molecule has 3 aliphatic heterocycles. The predicted octanol–water partition coefficient (Wildman–Crippen LogP) is 8.35. The quantitative estimate of drug-likeness (QED) is 0.224. The number of rotatable bonds is 6. The maximum Gasteiger partial charge on any atom is 0.216 e. The molecular weight excluding hydrogens is 558 g/mol. The molecule has 0 aliphatic carbocycles. The van der Waals surface area contributed by atoms with E-state index >= 15 is 0 Å². The summed E-state index contributed by atoms with van der Waals surface area (Å²) in [4.78, 5) is 14.5. The normalized spacial score (nSPS) is 19.2. The van der Waals surface area contributed by atoms with Gasteiger partial charge in [0.1, 0.15) is 19.8 Å². The summed E-state index contributed by atoms with van der Waals surface area (Å²) in [6.07, 6.45) is 0. The van der Waals surface area contributed by atoms with Crippen LogP contribution in [0.1, 0.15) is 58.2 Å². The van der Waals surface area contributed by atoms with Gasteiger partial charge in [-0.1, -0.05) is 36.4 Å². The Balaban J connectivity index is 1.34.